The van der Waals surface area contributed by atoms with E-state index in [1.165, 1.54) is 32.1 Å². The van der Waals surface area contributed by atoms with Crippen molar-refractivity contribution in [3.63, 3.8) is 0 Å². The number of methoxy groups -OCH3 is 1. The number of ether oxygens (including phenoxy) is 2. The van der Waals surface area contributed by atoms with Crippen molar-refractivity contribution >= 4 is 5.88 Å². The van der Waals surface area contributed by atoms with Gasteiger partial charge >= 0.3 is 0 Å². The summed E-state index contributed by atoms with van der Waals surface area (Å²) in [7, 11) is 3.86. The largest absolute Gasteiger partial charge is 0.389 e. The number of aliphatic hydroxyl groups excluding tert-OH is 1. The molecule has 1 aliphatic carbocycles. The van der Waals surface area contributed by atoms with Crippen molar-refractivity contribution in [3.05, 3.63) is 35.9 Å². The zero-order chi connectivity index (χ0) is 24.3. The van der Waals surface area contributed by atoms with Crippen LogP contribution in [0.3, 0.4) is 0 Å². The Morgan fingerprint density at radius 2 is 1.88 bits per heavy atom. The molecule has 0 aliphatic heterocycles. The van der Waals surface area contributed by atoms with Gasteiger partial charge in [0.1, 0.15) is 5.69 Å². The molecule has 34 heavy (non-hydrogen) atoms. The Morgan fingerprint density at radius 1 is 1.15 bits per heavy atom. The summed E-state index contributed by atoms with van der Waals surface area (Å²) in [6.07, 6.45) is 6.60. The van der Waals surface area contributed by atoms with Crippen molar-refractivity contribution in [3.8, 4) is 11.3 Å². The molecule has 1 aliphatic rings. The van der Waals surface area contributed by atoms with Crippen LogP contribution in [-0.2, 0) is 16.0 Å². The molecule has 1 heterocycles. The number of aromatic nitrogens is 1. The summed E-state index contributed by atoms with van der Waals surface area (Å²) in [5, 5.41) is 15.2. The molecule has 1 fully saturated rings. The monoisotopic (exact) mass is 473 g/mol. The summed E-state index contributed by atoms with van der Waals surface area (Å²) in [5.74, 6) is 0.843. The maximum atomic E-state index is 10.7. The molecular weight excluding hydrogens is 430 g/mol. The van der Waals surface area contributed by atoms with Crippen LogP contribution in [0.15, 0.2) is 34.9 Å². The Bertz CT molecular complexity index is 821. The lowest BCUT2D eigenvalue weighted by molar-refractivity contribution is -0.0103. The van der Waals surface area contributed by atoms with Gasteiger partial charge in [0.25, 0.3) is 0 Å². The third kappa shape index (κ3) is 7.80. The van der Waals surface area contributed by atoms with Gasteiger partial charge in [-0.05, 0) is 33.1 Å². The Kier molecular flexibility index (Phi) is 10.8. The van der Waals surface area contributed by atoms with Crippen LogP contribution in [0.5, 0.6) is 0 Å². The van der Waals surface area contributed by atoms with E-state index in [1.54, 1.807) is 7.11 Å². The molecular formula is C27H43N3O4. The summed E-state index contributed by atoms with van der Waals surface area (Å²) in [6.45, 7) is 6.94. The number of hydrogen-bond donors (Lipinski definition) is 1. The number of hydrogen-bond acceptors (Lipinski definition) is 7. The highest BCUT2D eigenvalue weighted by atomic mass is 16.5. The second-order valence-electron chi connectivity index (χ2n) is 9.70. The fraction of sp³-hybridized carbons (Fsp3) is 0.667. The first-order valence-corrected chi connectivity index (χ1v) is 12.8. The van der Waals surface area contributed by atoms with E-state index >= 15 is 0 Å². The standard InChI is InChI=1S/C27H43N3O4/c1-21(2)33-20-24(31)18-30(16-11-17-32-4)19-25-26(22-12-7-5-8-13-22)28-34-27(25)29(3)23-14-9-6-10-15-23/h5,7-8,12-13,21,23-24,31H,6,9-11,14-20H2,1-4H3/t24-/m0/s1. The lowest BCUT2D eigenvalue weighted by Gasteiger charge is -2.32. The van der Waals surface area contributed by atoms with E-state index < -0.39 is 6.10 Å². The van der Waals surface area contributed by atoms with Gasteiger partial charge in [-0.25, -0.2) is 0 Å². The average Bonchev–Trinajstić information content (AvgIpc) is 3.26. The topological polar surface area (TPSA) is 71.2 Å². The normalized spacial score (nSPS) is 15.9. The quantitative estimate of drug-likeness (QED) is 0.398. The SMILES string of the molecule is COCCCN(Cc1c(-c2ccccc2)noc1N(C)C1CCCCC1)C[C@H](O)COC(C)C. The zero-order valence-electron chi connectivity index (χ0n) is 21.4. The van der Waals surface area contributed by atoms with Gasteiger partial charge in [-0.3, -0.25) is 4.90 Å². The third-order valence-corrected chi connectivity index (χ3v) is 6.55. The second kappa shape index (κ2) is 13.8. The van der Waals surface area contributed by atoms with E-state index in [-0.39, 0.29) is 6.10 Å². The van der Waals surface area contributed by atoms with Crippen LogP contribution < -0.4 is 4.90 Å². The molecule has 0 amide bonds. The van der Waals surface area contributed by atoms with E-state index in [4.69, 9.17) is 14.0 Å². The summed E-state index contributed by atoms with van der Waals surface area (Å²) in [5.41, 5.74) is 3.00. The molecule has 1 aromatic carbocycles. The van der Waals surface area contributed by atoms with E-state index in [2.05, 4.69) is 34.1 Å². The van der Waals surface area contributed by atoms with Crippen LogP contribution in [-0.4, -0.2) is 73.9 Å². The molecule has 7 nitrogen and oxygen atoms in total. The zero-order valence-corrected chi connectivity index (χ0v) is 21.4. The number of rotatable bonds is 14. The Balaban J connectivity index is 1.86. The first kappa shape index (κ1) is 26.7. The van der Waals surface area contributed by atoms with Crippen LogP contribution in [0.4, 0.5) is 5.88 Å². The van der Waals surface area contributed by atoms with Crippen molar-refractivity contribution in [1.29, 1.82) is 0 Å². The van der Waals surface area contributed by atoms with Gasteiger partial charge in [0.15, 0.2) is 0 Å². The van der Waals surface area contributed by atoms with Gasteiger partial charge < -0.3 is 24.0 Å². The highest BCUT2D eigenvalue weighted by Crippen LogP contribution is 2.35. The van der Waals surface area contributed by atoms with Crippen LogP contribution >= 0.6 is 0 Å². The highest BCUT2D eigenvalue weighted by Gasteiger charge is 2.28. The Hall–Kier alpha value is -1.93. The molecule has 0 saturated heterocycles. The van der Waals surface area contributed by atoms with Crippen LogP contribution in [0.25, 0.3) is 11.3 Å². The Morgan fingerprint density at radius 3 is 2.56 bits per heavy atom. The number of aliphatic hydroxyl groups is 1. The molecule has 0 radical (unpaired) electrons. The smallest absolute Gasteiger partial charge is 0.232 e. The molecule has 7 heteroatoms. The molecule has 1 aromatic heterocycles. The predicted molar refractivity (Wildman–Crippen MR) is 136 cm³/mol. The minimum atomic E-state index is -0.565. The lowest BCUT2D eigenvalue weighted by Crippen LogP contribution is -2.37. The maximum absolute atomic E-state index is 10.7. The molecule has 0 bridgehead atoms. The molecule has 0 spiro atoms. The number of benzene rings is 1. The van der Waals surface area contributed by atoms with Gasteiger partial charge in [0.2, 0.25) is 5.88 Å². The predicted octanol–water partition coefficient (Wildman–Crippen LogP) is 4.73. The van der Waals surface area contributed by atoms with Crippen molar-refractivity contribution < 1.29 is 19.1 Å². The summed E-state index contributed by atoms with van der Waals surface area (Å²) < 4.78 is 17.0. The van der Waals surface area contributed by atoms with E-state index in [0.717, 1.165) is 35.7 Å². The molecule has 1 atom stereocenters. The van der Waals surface area contributed by atoms with Crippen molar-refractivity contribution in [2.24, 2.45) is 0 Å². The molecule has 0 unspecified atom stereocenters. The first-order valence-electron chi connectivity index (χ1n) is 12.8. The van der Waals surface area contributed by atoms with Gasteiger partial charge in [-0.15, -0.1) is 0 Å². The van der Waals surface area contributed by atoms with Gasteiger partial charge in [0.05, 0.1) is 24.4 Å². The average molecular weight is 474 g/mol. The highest BCUT2D eigenvalue weighted by molar-refractivity contribution is 5.68. The maximum Gasteiger partial charge on any atom is 0.232 e. The molecule has 3 rings (SSSR count). The number of nitrogens with zero attached hydrogens (tertiary/aromatic N) is 3. The molecule has 2 aromatic rings. The van der Waals surface area contributed by atoms with Gasteiger partial charge in [-0.2, -0.15) is 0 Å². The van der Waals surface area contributed by atoms with Gasteiger partial charge in [0, 0.05) is 52.0 Å². The minimum Gasteiger partial charge on any atom is -0.389 e. The summed E-state index contributed by atoms with van der Waals surface area (Å²) in [6, 6.07) is 10.7. The van der Waals surface area contributed by atoms with Gasteiger partial charge in [-0.1, -0.05) is 54.8 Å². The van der Waals surface area contributed by atoms with E-state index in [9.17, 15) is 5.11 Å². The summed E-state index contributed by atoms with van der Waals surface area (Å²) >= 11 is 0. The van der Waals surface area contributed by atoms with Crippen LogP contribution in [0, 0.1) is 0 Å². The van der Waals surface area contributed by atoms with Crippen molar-refractivity contribution in [1.82, 2.24) is 10.1 Å². The second-order valence-corrected chi connectivity index (χ2v) is 9.70. The molecule has 190 valence electrons. The van der Waals surface area contributed by atoms with E-state index in [1.807, 2.05) is 32.0 Å². The molecule has 1 N–H and O–H groups in total. The lowest BCUT2D eigenvalue weighted by atomic mass is 9.94. The summed E-state index contributed by atoms with van der Waals surface area (Å²) in [4.78, 5) is 4.56. The third-order valence-electron chi connectivity index (χ3n) is 6.55. The van der Waals surface area contributed by atoms with Crippen molar-refractivity contribution in [2.75, 3.05) is 45.4 Å². The first-order chi connectivity index (χ1) is 16.5. The fourth-order valence-corrected chi connectivity index (χ4v) is 4.72. The number of anilines is 1. The fourth-order valence-electron chi connectivity index (χ4n) is 4.72. The minimum absolute atomic E-state index is 0.0927. The van der Waals surface area contributed by atoms with Crippen LogP contribution in [0.1, 0.15) is 57.9 Å². The molecule has 1 saturated carbocycles. The van der Waals surface area contributed by atoms with E-state index in [0.29, 0.717) is 32.3 Å². The van der Waals surface area contributed by atoms with Crippen molar-refractivity contribution in [2.45, 2.75) is 77.2 Å². The van der Waals surface area contributed by atoms with Crippen LogP contribution in [0.2, 0.25) is 0 Å². The Labute approximate surface area is 205 Å².